The van der Waals surface area contributed by atoms with Gasteiger partial charge in [0, 0.05) is 30.9 Å². The minimum atomic E-state index is -0.175. The van der Waals surface area contributed by atoms with Gasteiger partial charge >= 0.3 is 0 Å². The number of benzene rings is 2. The van der Waals surface area contributed by atoms with E-state index in [1.165, 1.54) is 10.6 Å². The number of nitriles is 1. The average Bonchev–Trinajstić information content (AvgIpc) is 2.69. The molecule has 3 aromatic rings. The lowest BCUT2D eigenvalue weighted by Crippen LogP contribution is -2.21. The van der Waals surface area contributed by atoms with E-state index in [0.717, 1.165) is 0 Å². The molecule has 0 saturated heterocycles. The molecule has 0 radical (unpaired) electrons. The van der Waals surface area contributed by atoms with Gasteiger partial charge < -0.3 is 14.6 Å². The molecular formula is C21H17N3O3. The third-order valence-electron chi connectivity index (χ3n) is 3.84. The molecule has 27 heavy (non-hydrogen) atoms. The van der Waals surface area contributed by atoms with Crippen LogP contribution in [0.3, 0.4) is 0 Å². The van der Waals surface area contributed by atoms with Gasteiger partial charge in [0.15, 0.2) is 0 Å². The van der Waals surface area contributed by atoms with Gasteiger partial charge in [0.25, 0.3) is 5.56 Å². The van der Waals surface area contributed by atoms with E-state index in [2.05, 4.69) is 11.4 Å². The van der Waals surface area contributed by atoms with Crippen molar-refractivity contribution in [2.45, 2.75) is 13.0 Å². The molecule has 1 heterocycles. The fraction of sp³-hybridized carbons (Fsp3) is 0.0952. The predicted molar refractivity (Wildman–Crippen MR) is 102 cm³/mol. The molecule has 0 aliphatic heterocycles. The number of pyridine rings is 1. The molecule has 1 amide bonds. The summed E-state index contributed by atoms with van der Waals surface area (Å²) in [5.74, 6) is 1.07. The lowest BCUT2D eigenvalue weighted by Gasteiger charge is -2.09. The van der Waals surface area contributed by atoms with E-state index in [-0.39, 0.29) is 17.9 Å². The Morgan fingerprint density at radius 3 is 2.30 bits per heavy atom. The first-order valence-electron chi connectivity index (χ1n) is 8.37. The van der Waals surface area contributed by atoms with Crippen molar-refractivity contribution < 1.29 is 9.53 Å². The molecule has 134 valence electrons. The van der Waals surface area contributed by atoms with E-state index >= 15 is 0 Å². The Bertz CT molecular complexity index is 1020. The second kappa shape index (κ2) is 8.50. The molecule has 0 atom stereocenters. The van der Waals surface area contributed by atoms with Crippen LogP contribution in [-0.4, -0.2) is 10.5 Å². The van der Waals surface area contributed by atoms with Gasteiger partial charge in [-0.1, -0.05) is 6.07 Å². The van der Waals surface area contributed by atoms with Gasteiger partial charge in [-0.3, -0.25) is 9.59 Å². The molecule has 3 rings (SSSR count). The molecule has 0 aliphatic rings. The lowest BCUT2D eigenvalue weighted by atomic mass is 10.2. The normalized spacial score (nSPS) is 10.0. The van der Waals surface area contributed by atoms with Gasteiger partial charge in [-0.15, -0.1) is 0 Å². The van der Waals surface area contributed by atoms with Crippen LogP contribution in [0.15, 0.2) is 77.7 Å². The SMILES string of the molecule is N#Cc1ccc(Oc2ccc(NC(=O)CCn3ccccc3=O)cc2)cc1. The Morgan fingerprint density at radius 2 is 1.67 bits per heavy atom. The zero-order chi connectivity index (χ0) is 19.1. The van der Waals surface area contributed by atoms with Crippen LogP contribution >= 0.6 is 0 Å². The van der Waals surface area contributed by atoms with Crippen LogP contribution in [0.2, 0.25) is 0 Å². The average molecular weight is 359 g/mol. The molecule has 0 unspecified atom stereocenters. The number of carbonyl (C=O) groups excluding carboxylic acids is 1. The molecule has 6 nitrogen and oxygen atoms in total. The van der Waals surface area contributed by atoms with Gasteiger partial charge in [0.05, 0.1) is 11.6 Å². The van der Waals surface area contributed by atoms with E-state index in [9.17, 15) is 9.59 Å². The summed E-state index contributed by atoms with van der Waals surface area (Å²) in [6, 6.07) is 20.7. The first-order chi connectivity index (χ1) is 13.1. The Morgan fingerprint density at radius 1 is 1.00 bits per heavy atom. The number of hydrogen-bond acceptors (Lipinski definition) is 4. The number of anilines is 1. The summed E-state index contributed by atoms with van der Waals surface area (Å²) < 4.78 is 7.19. The highest BCUT2D eigenvalue weighted by Crippen LogP contribution is 2.23. The maximum atomic E-state index is 12.0. The monoisotopic (exact) mass is 359 g/mol. The predicted octanol–water partition coefficient (Wildman–Crippen LogP) is 3.54. The number of hydrogen-bond donors (Lipinski definition) is 1. The third-order valence-corrected chi connectivity index (χ3v) is 3.84. The summed E-state index contributed by atoms with van der Waals surface area (Å²) in [5, 5.41) is 11.6. The molecule has 0 saturated carbocycles. The highest BCUT2D eigenvalue weighted by molar-refractivity contribution is 5.90. The van der Waals surface area contributed by atoms with Crippen LogP contribution < -0.4 is 15.6 Å². The second-order valence-electron chi connectivity index (χ2n) is 5.79. The lowest BCUT2D eigenvalue weighted by molar-refractivity contribution is -0.116. The summed E-state index contributed by atoms with van der Waals surface area (Å²) in [5.41, 5.74) is 1.08. The first kappa shape index (κ1) is 18.0. The van der Waals surface area contributed by atoms with E-state index in [1.54, 1.807) is 66.9 Å². The van der Waals surface area contributed by atoms with Crippen molar-refractivity contribution in [3.63, 3.8) is 0 Å². The van der Waals surface area contributed by atoms with E-state index < -0.39 is 0 Å². The van der Waals surface area contributed by atoms with Crippen molar-refractivity contribution in [3.05, 3.63) is 88.8 Å². The summed E-state index contributed by atoms with van der Waals surface area (Å²) in [4.78, 5) is 23.7. The van der Waals surface area contributed by atoms with Crippen LogP contribution in [0.4, 0.5) is 5.69 Å². The Balaban J connectivity index is 1.53. The maximum Gasteiger partial charge on any atom is 0.250 e. The summed E-state index contributed by atoms with van der Waals surface area (Å²) in [6.07, 6.45) is 1.86. The number of nitrogens with zero attached hydrogens (tertiary/aromatic N) is 2. The van der Waals surface area contributed by atoms with Crippen LogP contribution in [0.1, 0.15) is 12.0 Å². The smallest absolute Gasteiger partial charge is 0.250 e. The highest BCUT2D eigenvalue weighted by Gasteiger charge is 2.05. The topological polar surface area (TPSA) is 84.1 Å². The van der Waals surface area contributed by atoms with Crippen LogP contribution in [0, 0.1) is 11.3 Å². The van der Waals surface area contributed by atoms with Gasteiger partial charge in [-0.25, -0.2) is 0 Å². The molecule has 6 heteroatoms. The number of nitrogens with one attached hydrogen (secondary N) is 1. The Kier molecular flexibility index (Phi) is 5.65. The molecule has 1 N–H and O–H groups in total. The molecular weight excluding hydrogens is 342 g/mol. The number of amides is 1. The standard InChI is InChI=1S/C21H17N3O3/c22-15-16-4-8-18(9-5-16)27-19-10-6-17(7-11-19)23-20(25)12-14-24-13-2-1-3-21(24)26/h1-11,13H,12,14H2,(H,23,25). The van der Waals surface area contributed by atoms with Gasteiger partial charge in [-0.05, 0) is 54.6 Å². The van der Waals surface area contributed by atoms with Crippen molar-refractivity contribution in [3.8, 4) is 17.6 Å². The summed E-state index contributed by atoms with van der Waals surface area (Å²) >= 11 is 0. The van der Waals surface area contributed by atoms with E-state index in [4.69, 9.17) is 10.00 Å². The second-order valence-corrected chi connectivity index (χ2v) is 5.79. The quantitative estimate of drug-likeness (QED) is 0.729. The number of aryl methyl sites for hydroxylation is 1. The summed E-state index contributed by atoms with van der Waals surface area (Å²) in [6.45, 7) is 0.325. The highest BCUT2D eigenvalue weighted by atomic mass is 16.5. The molecule has 0 fully saturated rings. The molecule has 0 bridgehead atoms. The van der Waals surface area contributed by atoms with Gasteiger partial charge in [0.1, 0.15) is 11.5 Å². The van der Waals surface area contributed by atoms with Crippen molar-refractivity contribution in [2.24, 2.45) is 0 Å². The molecule has 0 aliphatic carbocycles. The van der Waals surface area contributed by atoms with E-state index in [0.29, 0.717) is 29.3 Å². The number of carbonyl (C=O) groups is 1. The Labute approximate surface area is 156 Å². The minimum Gasteiger partial charge on any atom is -0.457 e. The van der Waals surface area contributed by atoms with Gasteiger partial charge in [-0.2, -0.15) is 5.26 Å². The van der Waals surface area contributed by atoms with Crippen LogP contribution in [0.5, 0.6) is 11.5 Å². The number of aromatic nitrogens is 1. The zero-order valence-corrected chi connectivity index (χ0v) is 14.5. The minimum absolute atomic E-state index is 0.130. The van der Waals surface area contributed by atoms with Crippen molar-refractivity contribution >= 4 is 11.6 Å². The molecule has 2 aromatic carbocycles. The van der Waals surface area contributed by atoms with Crippen LogP contribution in [-0.2, 0) is 11.3 Å². The Hall–Kier alpha value is -3.85. The van der Waals surface area contributed by atoms with E-state index in [1.807, 2.05) is 0 Å². The fourth-order valence-corrected chi connectivity index (χ4v) is 2.43. The zero-order valence-electron chi connectivity index (χ0n) is 14.5. The van der Waals surface area contributed by atoms with Crippen molar-refractivity contribution in [2.75, 3.05) is 5.32 Å². The number of ether oxygens (including phenoxy) is 1. The first-order valence-corrected chi connectivity index (χ1v) is 8.37. The van der Waals surface area contributed by atoms with Crippen LogP contribution in [0.25, 0.3) is 0 Å². The number of rotatable bonds is 6. The van der Waals surface area contributed by atoms with Crippen molar-refractivity contribution in [1.82, 2.24) is 4.57 Å². The molecule has 0 spiro atoms. The third kappa shape index (κ3) is 5.06. The maximum absolute atomic E-state index is 12.0. The van der Waals surface area contributed by atoms with Crippen molar-refractivity contribution in [1.29, 1.82) is 5.26 Å². The van der Waals surface area contributed by atoms with Gasteiger partial charge in [0.2, 0.25) is 5.91 Å². The summed E-state index contributed by atoms with van der Waals surface area (Å²) in [7, 11) is 0. The largest absolute Gasteiger partial charge is 0.457 e. The fourth-order valence-electron chi connectivity index (χ4n) is 2.43. The molecule has 1 aromatic heterocycles.